The third-order valence-corrected chi connectivity index (χ3v) is 5.02. The summed E-state index contributed by atoms with van der Waals surface area (Å²) in [6.07, 6.45) is 4.63. The number of guanidine groups is 1. The maximum absolute atomic E-state index is 11.9. The normalized spacial score (nSPS) is 23.6. The van der Waals surface area contributed by atoms with E-state index in [0.29, 0.717) is 31.0 Å². The molecule has 28 heavy (non-hydrogen) atoms. The van der Waals surface area contributed by atoms with Crippen molar-refractivity contribution in [1.29, 1.82) is 0 Å². The minimum absolute atomic E-state index is 0. The van der Waals surface area contributed by atoms with E-state index in [4.69, 9.17) is 4.74 Å². The Hall–Kier alpha value is -1.26. The van der Waals surface area contributed by atoms with Crippen molar-refractivity contribution in [2.24, 2.45) is 16.8 Å². The number of halogens is 1. The van der Waals surface area contributed by atoms with Crippen LogP contribution >= 0.6 is 24.0 Å². The van der Waals surface area contributed by atoms with Crippen molar-refractivity contribution in [3.63, 3.8) is 0 Å². The molecule has 2 bridgehead atoms. The third-order valence-electron chi connectivity index (χ3n) is 5.02. The van der Waals surface area contributed by atoms with E-state index in [-0.39, 0.29) is 36.4 Å². The largest absolute Gasteiger partial charge is 0.444 e. The number of aliphatic imine (C=N–C) groups is 1. The quantitative estimate of drug-likeness (QED) is 0.220. The fraction of sp³-hybridized carbons (Fsp3) is 0.842. The summed E-state index contributed by atoms with van der Waals surface area (Å²) >= 11 is 0. The van der Waals surface area contributed by atoms with Crippen LogP contribution in [0.5, 0.6) is 0 Å². The molecule has 8 nitrogen and oxygen atoms in total. The molecule has 2 amide bonds. The molecule has 2 rings (SSSR count). The highest BCUT2D eigenvalue weighted by atomic mass is 127. The average molecular weight is 509 g/mol. The Morgan fingerprint density at radius 1 is 1.11 bits per heavy atom. The van der Waals surface area contributed by atoms with Gasteiger partial charge in [0.25, 0.3) is 0 Å². The summed E-state index contributed by atoms with van der Waals surface area (Å²) in [5.74, 6) is 2.11. The molecule has 0 saturated heterocycles. The fourth-order valence-corrected chi connectivity index (χ4v) is 3.70. The van der Waals surface area contributed by atoms with Gasteiger partial charge in [0, 0.05) is 33.2 Å². The number of carbonyl (C=O) groups excluding carboxylic acids is 2. The maximum Gasteiger partial charge on any atom is 0.407 e. The Morgan fingerprint density at radius 3 is 2.32 bits per heavy atom. The molecule has 0 aliphatic heterocycles. The highest BCUT2D eigenvalue weighted by molar-refractivity contribution is 14.0. The lowest BCUT2D eigenvalue weighted by atomic mass is 9.95. The second-order valence-corrected chi connectivity index (χ2v) is 8.73. The summed E-state index contributed by atoms with van der Waals surface area (Å²) < 4.78 is 5.22. The Bertz CT molecular complexity index is 562. The molecule has 0 aromatic rings. The van der Waals surface area contributed by atoms with Crippen molar-refractivity contribution in [2.75, 3.05) is 33.7 Å². The molecule has 3 unspecified atom stereocenters. The van der Waals surface area contributed by atoms with Gasteiger partial charge in [0.2, 0.25) is 5.91 Å². The molecule has 0 heterocycles. The molecular formula is C19H36IN5O3. The van der Waals surface area contributed by atoms with Gasteiger partial charge in [-0.1, -0.05) is 6.42 Å². The molecule has 3 atom stereocenters. The van der Waals surface area contributed by atoms with Crippen molar-refractivity contribution in [1.82, 2.24) is 20.9 Å². The predicted molar refractivity (Wildman–Crippen MR) is 121 cm³/mol. The van der Waals surface area contributed by atoms with Crippen LogP contribution in [0.4, 0.5) is 4.79 Å². The molecule has 0 radical (unpaired) electrons. The summed E-state index contributed by atoms with van der Waals surface area (Å²) in [6, 6.07) is 0.420. The Labute approximate surface area is 185 Å². The number of carbonyl (C=O) groups is 2. The number of likely N-dealkylation sites (N-methyl/N-ethyl adjacent to an activating group) is 1. The van der Waals surface area contributed by atoms with Crippen LogP contribution < -0.4 is 16.0 Å². The van der Waals surface area contributed by atoms with Gasteiger partial charge >= 0.3 is 6.09 Å². The highest BCUT2D eigenvalue weighted by Gasteiger charge is 2.39. The molecular weight excluding hydrogens is 473 g/mol. The lowest BCUT2D eigenvalue weighted by molar-refractivity contribution is -0.127. The second kappa shape index (κ2) is 11.1. The first-order chi connectivity index (χ1) is 12.6. The molecule has 2 saturated carbocycles. The molecule has 2 fully saturated rings. The summed E-state index contributed by atoms with van der Waals surface area (Å²) in [6.45, 7) is 6.50. The predicted octanol–water partition coefficient (Wildman–Crippen LogP) is 1.94. The van der Waals surface area contributed by atoms with Crippen LogP contribution in [-0.4, -0.2) is 68.2 Å². The Balaban J connectivity index is 0.00000392. The summed E-state index contributed by atoms with van der Waals surface area (Å²) in [5, 5.41) is 9.43. The first kappa shape index (κ1) is 24.8. The summed E-state index contributed by atoms with van der Waals surface area (Å²) in [7, 11) is 3.44. The fourth-order valence-electron chi connectivity index (χ4n) is 3.70. The number of ether oxygens (including phenoxy) is 1. The van der Waals surface area contributed by atoms with Gasteiger partial charge in [-0.2, -0.15) is 0 Å². The monoisotopic (exact) mass is 509 g/mol. The van der Waals surface area contributed by atoms with E-state index in [2.05, 4.69) is 20.9 Å². The van der Waals surface area contributed by atoms with Crippen LogP contribution in [0.1, 0.15) is 46.5 Å². The van der Waals surface area contributed by atoms with E-state index in [1.807, 2.05) is 20.8 Å². The van der Waals surface area contributed by atoms with Gasteiger partial charge in [0.15, 0.2) is 5.96 Å². The standard InChI is InChI=1S/C19H35N5O3.HI/c1-19(2,3)27-18(26)21-9-8-20-17(22-12-16(25)24(4)5)23-15-11-13-6-7-14(15)10-13;/h13-15H,6-12H2,1-5H3,(H,21,26)(H2,20,22,23);1H. The number of hydrogen-bond donors (Lipinski definition) is 3. The molecule has 3 N–H and O–H groups in total. The highest BCUT2D eigenvalue weighted by Crippen LogP contribution is 2.44. The number of hydrogen-bond acceptors (Lipinski definition) is 4. The zero-order valence-electron chi connectivity index (χ0n) is 17.7. The Morgan fingerprint density at radius 2 is 1.79 bits per heavy atom. The van der Waals surface area contributed by atoms with Gasteiger partial charge in [-0.3, -0.25) is 4.79 Å². The zero-order valence-corrected chi connectivity index (χ0v) is 20.0. The zero-order chi connectivity index (χ0) is 20.0. The number of nitrogens with zero attached hydrogens (tertiary/aromatic N) is 2. The van der Waals surface area contributed by atoms with Crippen LogP contribution in [-0.2, 0) is 9.53 Å². The van der Waals surface area contributed by atoms with Crippen molar-refractivity contribution in [3.05, 3.63) is 0 Å². The van der Waals surface area contributed by atoms with Crippen LogP contribution in [0, 0.1) is 11.8 Å². The van der Waals surface area contributed by atoms with Crippen molar-refractivity contribution in [2.45, 2.75) is 58.1 Å². The molecule has 0 spiro atoms. The second-order valence-electron chi connectivity index (χ2n) is 8.73. The number of rotatable bonds is 6. The van der Waals surface area contributed by atoms with Crippen molar-refractivity contribution in [3.8, 4) is 0 Å². The van der Waals surface area contributed by atoms with Gasteiger partial charge in [0.05, 0.1) is 0 Å². The molecule has 0 aromatic carbocycles. The lowest BCUT2D eigenvalue weighted by Crippen LogP contribution is -2.48. The molecule has 162 valence electrons. The van der Waals surface area contributed by atoms with Crippen molar-refractivity contribution >= 4 is 41.9 Å². The first-order valence-electron chi connectivity index (χ1n) is 9.86. The smallest absolute Gasteiger partial charge is 0.407 e. The average Bonchev–Trinajstić information content (AvgIpc) is 3.16. The number of amides is 2. The minimum atomic E-state index is -0.514. The van der Waals surface area contributed by atoms with E-state index in [0.717, 1.165) is 5.92 Å². The third kappa shape index (κ3) is 8.40. The lowest BCUT2D eigenvalue weighted by Gasteiger charge is -2.25. The van der Waals surface area contributed by atoms with Gasteiger partial charge in [-0.25, -0.2) is 9.79 Å². The van der Waals surface area contributed by atoms with Crippen molar-refractivity contribution < 1.29 is 14.3 Å². The molecule has 2 aliphatic rings. The summed E-state index contributed by atoms with van der Waals surface area (Å²) in [5.41, 5.74) is -0.514. The van der Waals surface area contributed by atoms with Crippen LogP contribution in [0.15, 0.2) is 4.99 Å². The van der Waals surface area contributed by atoms with Gasteiger partial charge in [-0.05, 0) is 51.9 Å². The Kier molecular flexibility index (Phi) is 9.79. The van der Waals surface area contributed by atoms with Crippen LogP contribution in [0.3, 0.4) is 0 Å². The maximum atomic E-state index is 11.9. The van der Waals surface area contributed by atoms with Gasteiger partial charge < -0.3 is 25.6 Å². The van der Waals surface area contributed by atoms with Gasteiger partial charge in [0.1, 0.15) is 12.1 Å². The van der Waals surface area contributed by atoms with E-state index in [1.54, 1.807) is 14.1 Å². The molecule has 0 aromatic heterocycles. The first-order valence-corrected chi connectivity index (χ1v) is 9.86. The van der Waals surface area contributed by atoms with E-state index in [9.17, 15) is 9.59 Å². The topological polar surface area (TPSA) is 95.1 Å². The molecule has 9 heteroatoms. The van der Waals surface area contributed by atoms with E-state index in [1.165, 1.54) is 30.6 Å². The SMILES string of the molecule is CN(C)C(=O)CN=C(NCCNC(=O)OC(C)(C)C)NC1CC2CCC1C2.I. The van der Waals surface area contributed by atoms with E-state index >= 15 is 0 Å². The number of fused-ring (bicyclic) bond motifs is 2. The van der Waals surface area contributed by atoms with Crippen LogP contribution in [0.25, 0.3) is 0 Å². The van der Waals surface area contributed by atoms with Gasteiger partial charge in [-0.15, -0.1) is 24.0 Å². The molecule has 2 aliphatic carbocycles. The van der Waals surface area contributed by atoms with Crippen LogP contribution in [0.2, 0.25) is 0 Å². The van der Waals surface area contributed by atoms with E-state index < -0.39 is 11.7 Å². The number of nitrogens with one attached hydrogen (secondary N) is 3. The minimum Gasteiger partial charge on any atom is -0.444 e. The number of alkyl carbamates (subject to hydrolysis) is 1. The summed E-state index contributed by atoms with van der Waals surface area (Å²) in [4.78, 5) is 29.5.